The molecule has 0 aliphatic carbocycles. The summed E-state index contributed by atoms with van der Waals surface area (Å²) in [6.07, 6.45) is 16.0. The highest BCUT2D eigenvalue weighted by atomic mass is 35.5. The number of aromatic nitrogens is 1. The predicted octanol–water partition coefficient (Wildman–Crippen LogP) is 6.49. The number of ether oxygens (including phenoxy) is 2. The van der Waals surface area contributed by atoms with Crippen LogP contribution in [0, 0.1) is 6.92 Å². The van der Waals surface area contributed by atoms with Crippen LogP contribution in [0.4, 0.5) is 0 Å². The lowest BCUT2D eigenvalue weighted by molar-refractivity contribution is 0.113. The van der Waals surface area contributed by atoms with Gasteiger partial charge in [-0.2, -0.15) is 0 Å². The molecule has 0 N–H and O–H groups in total. The Hall–Kier alpha value is -0.420. The molecule has 1 aromatic rings. The Labute approximate surface area is 167 Å². The van der Waals surface area contributed by atoms with Gasteiger partial charge in [-0.1, -0.05) is 63.0 Å². The molecule has 2 atom stereocenters. The third kappa shape index (κ3) is 5.79. The van der Waals surface area contributed by atoms with Crippen molar-refractivity contribution < 1.29 is 9.47 Å². The highest BCUT2D eigenvalue weighted by Gasteiger charge is 2.57. The average Bonchev–Trinajstić information content (AvgIpc) is 3.18. The lowest BCUT2D eigenvalue weighted by atomic mass is 9.96. The van der Waals surface area contributed by atoms with Crippen molar-refractivity contribution in [3.63, 3.8) is 0 Å². The number of aryl methyl sites for hydroxylation is 1. The maximum absolute atomic E-state index is 6.73. The van der Waals surface area contributed by atoms with Crippen LogP contribution in [0.25, 0.3) is 6.08 Å². The van der Waals surface area contributed by atoms with Crippen molar-refractivity contribution >= 4 is 29.0 Å². The summed E-state index contributed by atoms with van der Waals surface area (Å²) in [6.45, 7) is 3.59. The summed E-state index contributed by atoms with van der Waals surface area (Å²) in [4.78, 5) is 4.51. The predicted molar refractivity (Wildman–Crippen MR) is 110 cm³/mol. The second-order valence-electron chi connectivity index (χ2n) is 7.61. The van der Waals surface area contributed by atoms with E-state index in [0.29, 0.717) is 0 Å². The van der Waals surface area contributed by atoms with Crippen molar-refractivity contribution in [1.82, 2.24) is 4.98 Å². The fourth-order valence-corrected chi connectivity index (χ4v) is 4.80. The van der Waals surface area contributed by atoms with Crippen LogP contribution in [0.15, 0.2) is 10.4 Å². The Bertz CT molecular complexity index is 588. The molecule has 0 aromatic carbocycles. The van der Waals surface area contributed by atoms with E-state index in [4.69, 9.17) is 21.1 Å². The Kier molecular flexibility index (Phi) is 7.98. The van der Waals surface area contributed by atoms with Crippen LogP contribution in [0.5, 0.6) is 0 Å². The van der Waals surface area contributed by atoms with Gasteiger partial charge in [-0.3, -0.25) is 0 Å². The zero-order chi connectivity index (χ0) is 18.2. The quantitative estimate of drug-likeness (QED) is 0.535. The highest BCUT2D eigenvalue weighted by molar-refractivity contribution is 7.09. The van der Waals surface area contributed by atoms with Gasteiger partial charge in [0.15, 0.2) is 0 Å². The smallest absolute Gasteiger partial charge is 0.132 e. The Morgan fingerprint density at radius 3 is 2.50 bits per heavy atom. The number of rotatable bonds is 2. The fourth-order valence-electron chi connectivity index (χ4n) is 3.86. The number of epoxide rings is 1. The van der Waals surface area contributed by atoms with E-state index >= 15 is 0 Å². The summed E-state index contributed by atoms with van der Waals surface area (Å²) in [6, 6.07) is 0. The van der Waals surface area contributed by atoms with Crippen molar-refractivity contribution in [2.45, 2.75) is 89.3 Å². The molecular weight excluding hydrogens is 366 g/mol. The maximum atomic E-state index is 6.73. The summed E-state index contributed by atoms with van der Waals surface area (Å²) in [7, 11) is 0. The number of thiazole rings is 1. The molecule has 2 aliphatic heterocycles. The third-order valence-electron chi connectivity index (χ3n) is 5.50. The zero-order valence-electron chi connectivity index (χ0n) is 16.0. The first-order valence-electron chi connectivity index (χ1n) is 10.3. The minimum Gasteiger partial charge on any atom is -0.381 e. The number of nitrogens with zero attached hydrogens (tertiary/aromatic N) is 1. The van der Waals surface area contributed by atoms with Gasteiger partial charge >= 0.3 is 0 Å². The normalized spacial score (nSPS) is 29.9. The minimum atomic E-state index is -0.337. The molecule has 0 spiro atoms. The van der Waals surface area contributed by atoms with Crippen LogP contribution in [-0.4, -0.2) is 29.9 Å². The molecule has 2 aliphatic rings. The van der Waals surface area contributed by atoms with E-state index in [2.05, 4.69) is 10.4 Å². The SMILES string of the molecule is Cc1nc(C=C(Cl)C23CCOCCCCCCCCCCCC2O3)cs1. The van der Waals surface area contributed by atoms with Gasteiger partial charge in [-0.25, -0.2) is 4.98 Å². The first-order chi connectivity index (χ1) is 12.7. The first-order valence-corrected chi connectivity index (χ1v) is 11.5. The van der Waals surface area contributed by atoms with Gasteiger partial charge in [0.25, 0.3) is 0 Å². The summed E-state index contributed by atoms with van der Waals surface area (Å²) in [5.74, 6) is 0. The lowest BCUT2D eigenvalue weighted by Gasteiger charge is -2.13. The van der Waals surface area contributed by atoms with Gasteiger partial charge in [0.2, 0.25) is 0 Å². The molecule has 2 unspecified atom stereocenters. The topological polar surface area (TPSA) is 34.6 Å². The van der Waals surface area contributed by atoms with E-state index < -0.39 is 0 Å². The molecule has 3 heterocycles. The minimum absolute atomic E-state index is 0.238. The fraction of sp³-hybridized carbons (Fsp3) is 0.762. The van der Waals surface area contributed by atoms with Crippen molar-refractivity contribution in [1.29, 1.82) is 0 Å². The van der Waals surface area contributed by atoms with E-state index in [-0.39, 0.29) is 11.7 Å². The molecule has 26 heavy (non-hydrogen) atoms. The highest BCUT2D eigenvalue weighted by Crippen LogP contribution is 2.50. The van der Waals surface area contributed by atoms with Crippen LogP contribution in [0.2, 0.25) is 0 Å². The standard InChI is InChI=1S/C21H32ClNO2S/c1-17-23-18(16-26-17)15-19(22)21-12-14-24-13-10-8-6-4-2-3-5-7-9-11-20(21)25-21/h15-16,20H,2-14H2,1H3. The second kappa shape index (κ2) is 10.2. The molecule has 0 radical (unpaired) electrons. The van der Waals surface area contributed by atoms with E-state index in [1.54, 1.807) is 11.3 Å². The van der Waals surface area contributed by atoms with Gasteiger partial charge < -0.3 is 9.47 Å². The van der Waals surface area contributed by atoms with Gasteiger partial charge in [-0.05, 0) is 25.8 Å². The number of halogens is 1. The molecule has 1 aromatic heterocycles. The molecule has 0 amide bonds. The number of hydrogen-bond donors (Lipinski definition) is 0. The lowest BCUT2D eigenvalue weighted by Crippen LogP contribution is -2.19. The monoisotopic (exact) mass is 397 g/mol. The van der Waals surface area contributed by atoms with Gasteiger partial charge in [0.05, 0.1) is 21.8 Å². The van der Waals surface area contributed by atoms with Gasteiger partial charge in [0, 0.05) is 25.0 Å². The van der Waals surface area contributed by atoms with Crippen LogP contribution in [0.3, 0.4) is 0 Å². The van der Waals surface area contributed by atoms with Crippen molar-refractivity contribution in [3.8, 4) is 0 Å². The average molecular weight is 398 g/mol. The summed E-state index contributed by atoms with van der Waals surface area (Å²) in [5.41, 5.74) is 0.602. The molecule has 3 nitrogen and oxygen atoms in total. The van der Waals surface area contributed by atoms with Crippen molar-refractivity contribution in [2.75, 3.05) is 13.2 Å². The number of fused-ring (bicyclic) bond motifs is 1. The summed E-state index contributed by atoms with van der Waals surface area (Å²) in [5, 5.41) is 3.91. The Morgan fingerprint density at radius 1 is 1.12 bits per heavy atom. The molecule has 5 heteroatoms. The largest absolute Gasteiger partial charge is 0.381 e. The molecule has 0 saturated carbocycles. The van der Waals surface area contributed by atoms with E-state index in [1.807, 2.05) is 13.0 Å². The van der Waals surface area contributed by atoms with E-state index in [9.17, 15) is 0 Å². The van der Waals surface area contributed by atoms with Crippen LogP contribution in [0.1, 0.15) is 81.3 Å². The molecule has 0 bridgehead atoms. The van der Waals surface area contributed by atoms with Crippen LogP contribution >= 0.6 is 22.9 Å². The molecule has 2 fully saturated rings. The van der Waals surface area contributed by atoms with Gasteiger partial charge in [0.1, 0.15) is 5.60 Å². The summed E-state index contributed by atoms with van der Waals surface area (Å²) >= 11 is 8.38. The van der Waals surface area contributed by atoms with Crippen molar-refractivity contribution in [3.05, 3.63) is 21.1 Å². The molecule has 3 rings (SSSR count). The second-order valence-corrected chi connectivity index (χ2v) is 9.08. The first kappa shape index (κ1) is 20.3. The van der Waals surface area contributed by atoms with Crippen LogP contribution < -0.4 is 0 Å². The maximum Gasteiger partial charge on any atom is 0.132 e. The molecular formula is C21H32ClNO2S. The number of hydrogen-bond acceptors (Lipinski definition) is 4. The van der Waals surface area contributed by atoms with Crippen molar-refractivity contribution in [2.24, 2.45) is 0 Å². The zero-order valence-corrected chi connectivity index (χ0v) is 17.5. The summed E-state index contributed by atoms with van der Waals surface area (Å²) < 4.78 is 12.0. The molecule has 2 saturated heterocycles. The van der Waals surface area contributed by atoms with E-state index in [1.165, 1.54) is 57.8 Å². The van der Waals surface area contributed by atoms with Gasteiger partial charge in [-0.15, -0.1) is 11.3 Å². The third-order valence-corrected chi connectivity index (χ3v) is 6.72. The Balaban J connectivity index is 1.60. The molecule has 146 valence electrons. The Morgan fingerprint density at radius 2 is 1.81 bits per heavy atom. The van der Waals surface area contributed by atoms with E-state index in [0.717, 1.165) is 41.8 Å². The van der Waals surface area contributed by atoms with Crippen LogP contribution in [-0.2, 0) is 9.47 Å².